The number of guanidine groups is 1. The van der Waals surface area contributed by atoms with E-state index in [2.05, 4.69) is 46.7 Å². The molecule has 1 saturated heterocycles. The molecule has 1 aromatic carbocycles. The zero-order valence-corrected chi connectivity index (χ0v) is 16.2. The summed E-state index contributed by atoms with van der Waals surface area (Å²) in [4.78, 5) is 7.15. The Morgan fingerprint density at radius 3 is 2.65 bits per heavy atom. The van der Waals surface area contributed by atoms with Crippen molar-refractivity contribution in [3.8, 4) is 0 Å². The molecule has 2 heterocycles. The third-order valence-electron chi connectivity index (χ3n) is 4.32. The summed E-state index contributed by atoms with van der Waals surface area (Å²) in [5, 5.41) is 6.65. The van der Waals surface area contributed by atoms with Crippen molar-refractivity contribution in [2.75, 3.05) is 42.6 Å². The fraction of sp³-hybridized carbons (Fsp3) is 0.450. The van der Waals surface area contributed by atoms with E-state index in [4.69, 9.17) is 9.41 Å². The van der Waals surface area contributed by atoms with Crippen LogP contribution in [0.3, 0.4) is 0 Å². The van der Waals surface area contributed by atoms with E-state index < -0.39 is 0 Å². The number of hydrogen-bond donors (Lipinski definition) is 2. The number of aliphatic imine (C=N–C) groups is 1. The molecular weight excluding hydrogens is 344 g/mol. The van der Waals surface area contributed by atoms with Crippen LogP contribution in [0.4, 0.5) is 5.69 Å². The molecule has 0 aliphatic carbocycles. The molecule has 0 atom stereocenters. The van der Waals surface area contributed by atoms with Crippen LogP contribution in [0, 0.1) is 0 Å². The Kier molecular flexibility index (Phi) is 7.31. The van der Waals surface area contributed by atoms with Gasteiger partial charge in [-0.15, -0.1) is 0 Å². The van der Waals surface area contributed by atoms with Crippen molar-refractivity contribution in [2.24, 2.45) is 4.99 Å². The summed E-state index contributed by atoms with van der Waals surface area (Å²) in [5.74, 6) is 4.28. The Morgan fingerprint density at radius 1 is 1.15 bits per heavy atom. The van der Waals surface area contributed by atoms with Crippen LogP contribution >= 0.6 is 11.8 Å². The molecule has 0 saturated carbocycles. The quantitative estimate of drug-likeness (QED) is 0.578. The highest BCUT2D eigenvalue weighted by Crippen LogP contribution is 2.20. The number of anilines is 1. The fourth-order valence-corrected chi connectivity index (χ4v) is 3.81. The van der Waals surface area contributed by atoms with Crippen LogP contribution < -0.4 is 15.5 Å². The number of furan rings is 1. The van der Waals surface area contributed by atoms with E-state index in [0.29, 0.717) is 6.54 Å². The minimum atomic E-state index is 0.673. The molecule has 1 aliphatic rings. The van der Waals surface area contributed by atoms with Crippen molar-refractivity contribution in [3.05, 3.63) is 54.0 Å². The van der Waals surface area contributed by atoms with E-state index in [1.165, 1.54) is 22.8 Å². The maximum absolute atomic E-state index is 5.36. The van der Waals surface area contributed by atoms with E-state index in [9.17, 15) is 0 Å². The first-order chi connectivity index (χ1) is 12.8. The molecule has 2 aromatic rings. The second-order valence-corrected chi connectivity index (χ2v) is 7.44. The van der Waals surface area contributed by atoms with Gasteiger partial charge in [0, 0.05) is 49.8 Å². The predicted octanol–water partition coefficient (Wildman–Crippen LogP) is 3.13. The summed E-state index contributed by atoms with van der Waals surface area (Å²) in [6, 6.07) is 12.7. The number of thioether (sulfide) groups is 1. The van der Waals surface area contributed by atoms with Gasteiger partial charge in [-0.3, -0.25) is 0 Å². The van der Waals surface area contributed by atoms with Crippen LogP contribution in [0.15, 0.2) is 52.1 Å². The Hall–Kier alpha value is -2.08. The topological polar surface area (TPSA) is 52.8 Å². The van der Waals surface area contributed by atoms with Crippen LogP contribution in [-0.2, 0) is 13.0 Å². The summed E-state index contributed by atoms with van der Waals surface area (Å²) >= 11 is 2.04. The first kappa shape index (κ1) is 18.7. The molecule has 3 rings (SSSR count). The number of benzene rings is 1. The highest BCUT2D eigenvalue weighted by molar-refractivity contribution is 7.99. The highest BCUT2D eigenvalue weighted by Gasteiger charge is 2.10. The maximum atomic E-state index is 5.36. The predicted molar refractivity (Wildman–Crippen MR) is 111 cm³/mol. The molecular formula is C20H28N4OS. The normalized spacial score (nSPS) is 15.1. The molecule has 0 bridgehead atoms. The standard InChI is InChI=1S/C20H28N4OS/c1-2-21-20(22-10-9-19-4-3-13-25-19)23-16-17-5-7-18(8-6-17)24-11-14-26-15-12-24/h3-8,13H,2,9-12,14-16H2,1H3,(H2,21,22,23). The molecule has 0 radical (unpaired) electrons. The van der Waals surface area contributed by atoms with Crippen LogP contribution in [0.1, 0.15) is 18.2 Å². The van der Waals surface area contributed by atoms with E-state index in [0.717, 1.165) is 44.3 Å². The van der Waals surface area contributed by atoms with Gasteiger partial charge in [-0.2, -0.15) is 11.8 Å². The lowest BCUT2D eigenvalue weighted by Gasteiger charge is -2.28. The SMILES string of the molecule is CCNC(=NCc1ccc(N2CCSCC2)cc1)NCCc1ccco1. The van der Waals surface area contributed by atoms with E-state index >= 15 is 0 Å². The molecule has 2 N–H and O–H groups in total. The van der Waals surface area contributed by atoms with Gasteiger partial charge in [-0.25, -0.2) is 4.99 Å². The third-order valence-corrected chi connectivity index (χ3v) is 5.26. The van der Waals surface area contributed by atoms with E-state index in [1.54, 1.807) is 6.26 Å². The van der Waals surface area contributed by atoms with Gasteiger partial charge in [0.1, 0.15) is 5.76 Å². The van der Waals surface area contributed by atoms with Crippen molar-refractivity contribution >= 4 is 23.4 Å². The summed E-state index contributed by atoms with van der Waals surface area (Å²) in [5.41, 5.74) is 2.55. The lowest BCUT2D eigenvalue weighted by molar-refractivity contribution is 0.507. The third kappa shape index (κ3) is 5.73. The lowest BCUT2D eigenvalue weighted by Crippen LogP contribution is -2.38. The molecule has 1 fully saturated rings. The number of hydrogen-bond acceptors (Lipinski definition) is 4. The van der Waals surface area contributed by atoms with Gasteiger partial charge in [-0.1, -0.05) is 12.1 Å². The van der Waals surface area contributed by atoms with Crippen LogP contribution in [0.5, 0.6) is 0 Å². The second kappa shape index (κ2) is 10.2. The number of nitrogens with zero attached hydrogens (tertiary/aromatic N) is 2. The van der Waals surface area contributed by atoms with Crippen molar-refractivity contribution in [2.45, 2.75) is 19.9 Å². The van der Waals surface area contributed by atoms with Gasteiger partial charge in [0.15, 0.2) is 5.96 Å². The van der Waals surface area contributed by atoms with Gasteiger partial charge in [0.2, 0.25) is 0 Å². The molecule has 140 valence electrons. The summed E-state index contributed by atoms with van der Waals surface area (Å²) in [6.45, 7) is 6.68. The number of rotatable bonds is 7. The van der Waals surface area contributed by atoms with E-state index in [-0.39, 0.29) is 0 Å². The van der Waals surface area contributed by atoms with Gasteiger partial charge >= 0.3 is 0 Å². The molecule has 0 amide bonds. The van der Waals surface area contributed by atoms with Gasteiger partial charge < -0.3 is 20.0 Å². The zero-order valence-electron chi connectivity index (χ0n) is 15.4. The first-order valence-electron chi connectivity index (χ1n) is 9.31. The molecule has 1 aromatic heterocycles. The van der Waals surface area contributed by atoms with E-state index in [1.807, 2.05) is 23.9 Å². The monoisotopic (exact) mass is 372 g/mol. The largest absolute Gasteiger partial charge is 0.469 e. The Balaban J connectivity index is 1.51. The average Bonchev–Trinajstić information content (AvgIpc) is 3.21. The van der Waals surface area contributed by atoms with Crippen molar-refractivity contribution in [3.63, 3.8) is 0 Å². The van der Waals surface area contributed by atoms with Crippen molar-refractivity contribution in [1.29, 1.82) is 0 Å². The summed E-state index contributed by atoms with van der Waals surface area (Å²) in [6.07, 6.45) is 2.56. The molecule has 1 aliphatic heterocycles. The summed E-state index contributed by atoms with van der Waals surface area (Å²) < 4.78 is 5.36. The second-order valence-electron chi connectivity index (χ2n) is 6.22. The maximum Gasteiger partial charge on any atom is 0.191 e. The molecule has 6 heteroatoms. The first-order valence-corrected chi connectivity index (χ1v) is 10.5. The Labute approximate surface area is 160 Å². The van der Waals surface area contributed by atoms with Crippen LogP contribution in [0.2, 0.25) is 0 Å². The highest BCUT2D eigenvalue weighted by atomic mass is 32.2. The molecule has 0 spiro atoms. The van der Waals surface area contributed by atoms with Crippen LogP contribution in [0.25, 0.3) is 0 Å². The smallest absolute Gasteiger partial charge is 0.191 e. The van der Waals surface area contributed by atoms with Crippen molar-refractivity contribution < 1.29 is 4.42 Å². The minimum absolute atomic E-state index is 0.673. The van der Waals surface area contributed by atoms with Gasteiger partial charge in [0.05, 0.1) is 12.8 Å². The van der Waals surface area contributed by atoms with Crippen LogP contribution in [-0.4, -0.2) is 43.6 Å². The average molecular weight is 373 g/mol. The Bertz CT molecular complexity index is 664. The fourth-order valence-electron chi connectivity index (χ4n) is 2.90. The number of nitrogens with one attached hydrogen (secondary N) is 2. The lowest BCUT2D eigenvalue weighted by atomic mass is 10.2. The molecule has 0 unspecified atom stereocenters. The summed E-state index contributed by atoms with van der Waals surface area (Å²) in [7, 11) is 0. The zero-order chi connectivity index (χ0) is 18.0. The van der Waals surface area contributed by atoms with Crippen molar-refractivity contribution in [1.82, 2.24) is 10.6 Å². The minimum Gasteiger partial charge on any atom is -0.469 e. The van der Waals surface area contributed by atoms with Gasteiger partial charge in [-0.05, 0) is 36.8 Å². The van der Waals surface area contributed by atoms with Gasteiger partial charge in [0.25, 0.3) is 0 Å². The molecule has 26 heavy (non-hydrogen) atoms. The molecule has 5 nitrogen and oxygen atoms in total. The Morgan fingerprint density at radius 2 is 1.96 bits per heavy atom.